The second kappa shape index (κ2) is 4.81. The molecule has 3 N–H and O–H groups in total. The third-order valence-electron chi connectivity index (χ3n) is 2.64. The number of phenolic OH excluding ortho intramolecular Hbond substituents is 1. The van der Waals surface area contributed by atoms with Crippen LogP contribution < -0.4 is 5.73 Å². The zero-order valence-electron chi connectivity index (χ0n) is 9.06. The van der Waals surface area contributed by atoms with Gasteiger partial charge in [-0.3, -0.25) is 0 Å². The summed E-state index contributed by atoms with van der Waals surface area (Å²) in [4.78, 5) is 0. The maximum absolute atomic E-state index is 9.39. The van der Waals surface area contributed by atoms with Crippen molar-refractivity contribution in [3.8, 4) is 5.75 Å². The summed E-state index contributed by atoms with van der Waals surface area (Å²) in [5, 5.41) is 9.39. The third-order valence-corrected chi connectivity index (χ3v) is 2.64. The van der Waals surface area contributed by atoms with Crippen LogP contribution in [-0.2, 0) is 13.0 Å². The molecule has 2 nitrogen and oxygen atoms in total. The Balaban J connectivity index is 2.26. The smallest absolute Gasteiger partial charge is 0.115 e. The molecule has 16 heavy (non-hydrogen) atoms. The van der Waals surface area contributed by atoms with Crippen LogP contribution in [0.25, 0.3) is 0 Å². The SMILES string of the molecule is NCc1ccccc1Cc1cccc(O)c1. The van der Waals surface area contributed by atoms with Crippen molar-refractivity contribution in [1.82, 2.24) is 0 Å². The van der Waals surface area contributed by atoms with Crippen molar-refractivity contribution >= 4 is 0 Å². The van der Waals surface area contributed by atoms with Gasteiger partial charge in [0, 0.05) is 6.54 Å². The molecule has 0 aromatic heterocycles. The van der Waals surface area contributed by atoms with Crippen molar-refractivity contribution in [3.05, 3.63) is 65.2 Å². The Hall–Kier alpha value is -1.80. The summed E-state index contributed by atoms with van der Waals surface area (Å²) < 4.78 is 0. The highest BCUT2D eigenvalue weighted by atomic mass is 16.3. The highest BCUT2D eigenvalue weighted by Gasteiger charge is 2.01. The fourth-order valence-corrected chi connectivity index (χ4v) is 1.82. The van der Waals surface area contributed by atoms with Gasteiger partial charge in [-0.25, -0.2) is 0 Å². The first-order valence-corrected chi connectivity index (χ1v) is 5.34. The van der Waals surface area contributed by atoms with Crippen LogP contribution in [0.3, 0.4) is 0 Å². The molecular formula is C14H15NO. The van der Waals surface area contributed by atoms with E-state index < -0.39 is 0 Å². The first-order valence-electron chi connectivity index (χ1n) is 5.34. The number of hydrogen-bond acceptors (Lipinski definition) is 2. The van der Waals surface area contributed by atoms with Crippen molar-refractivity contribution < 1.29 is 5.11 Å². The number of aromatic hydroxyl groups is 1. The van der Waals surface area contributed by atoms with Crippen molar-refractivity contribution in [2.24, 2.45) is 5.73 Å². The summed E-state index contributed by atoms with van der Waals surface area (Å²) >= 11 is 0. The molecule has 82 valence electrons. The third kappa shape index (κ3) is 2.41. The monoisotopic (exact) mass is 213 g/mol. The van der Waals surface area contributed by atoms with E-state index in [2.05, 4.69) is 6.07 Å². The maximum atomic E-state index is 9.39. The van der Waals surface area contributed by atoms with Gasteiger partial charge >= 0.3 is 0 Å². The predicted octanol–water partition coefficient (Wildman–Crippen LogP) is 2.44. The fraction of sp³-hybridized carbons (Fsp3) is 0.143. The summed E-state index contributed by atoms with van der Waals surface area (Å²) in [6, 6.07) is 15.4. The lowest BCUT2D eigenvalue weighted by molar-refractivity contribution is 0.474. The Morgan fingerprint density at radius 1 is 0.938 bits per heavy atom. The van der Waals surface area contributed by atoms with E-state index in [4.69, 9.17) is 5.73 Å². The lowest BCUT2D eigenvalue weighted by Crippen LogP contribution is -2.01. The van der Waals surface area contributed by atoms with Crippen molar-refractivity contribution in [2.75, 3.05) is 0 Å². The molecule has 2 rings (SSSR count). The molecule has 0 unspecified atom stereocenters. The topological polar surface area (TPSA) is 46.2 Å². The molecule has 0 saturated carbocycles. The summed E-state index contributed by atoms with van der Waals surface area (Å²) in [5.41, 5.74) is 9.16. The largest absolute Gasteiger partial charge is 0.508 e. The number of phenols is 1. The van der Waals surface area contributed by atoms with Crippen LogP contribution >= 0.6 is 0 Å². The summed E-state index contributed by atoms with van der Waals surface area (Å²) in [7, 11) is 0. The van der Waals surface area contributed by atoms with Gasteiger partial charge in [0.15, 0.2) is 0 Å². The highest BCUT2D eigenvalue weighted by Crippen LogP contribution is 2.17. The standard InChI is InChI=1S/C14H15NO/c15-10-13-6-2-1-5-12(13)8-11-4-3-7-14(16)9-11/h1-7,9,16H,8,10,15H2. The summed E-state index contributed by atoms with van der Waals surface area (Å²) in [6.45, 7) is 0.551. The van der Waals surface area contributed by atoms with E-state index in [0.717, 1.165) is 17.5 Å². The van der Waals surface area contributed by atoms with E-state index in [-0.39, 0.29) is 0 Å². The molecule has 0 heterocycles. The zero-order chi connectivity index (χ0) is 11.4. The van der Waals surface area contributed by atoms with Gasteiger partial charge in [0.05, 0.1) is 0 Å². The second-order valence-corrected chi connectivity index (χ2v) is 3.82. The molecule has 0 spiro atoms. The Labute approximate surface area is 95.4 Å². The minimum atomic E-state index is 0.308. The molecule has 0 aliphatic heterocycles. The number of benzene rings is 2. The molecule has 0 amide bonds. The van der Waals surface area contributed by atoms with E-state index in [1.165, 1.54) is 5.56 Å². The van der Waals surface area contributed by atoms with Crippen LogP contribution in [0.4, 0.5) is 0 Å². The van der Waals surface area contributed by atoms with Crippen LogP contribution in [0, 0.1) is 0 Å². The van der Waals surface area contributed by atoms with Gasteiger partial charge < -0.3 is 10.8 Å². The quantitative estimate of drug-likeness (QED) is 0.822. The Kier molecular flexibility index (Phi) is 3.22. The number of nitrogens with two attached hydrogens (primary N) is 1. The van der Waals surface area contributed by atoms with E-state index in [9.17, 15) is 5.11 Å². The molecule has 0 aliphatic carbocycles. The van der Waals surface area contributed by atoms with Gasteiger partial charge in [0.25, 0.3) is 0 Å². The van der Waals surface area contributed by atoms with E-state index in [0.29, 0.717) is 12.3 Å². The van der Waals surface area contributed by atoms with Crippen molar-refractivity contribution in [3.63, 3.8) is 0 Å². The molecule has 0 fully saturated rings. The van der Waals surface area contributed by atoms with E-state index >= 15 is 0 Å². The minimum absolute atomic E-state index is 0.308. The zero-order valence-corrected chi connectivity index (χ0v) is 9.06. The average molecular weight is 213 g/mol. The second-order valence-electron chi connectivity index (χ2n) is 3.82. The van der Waals surface area contributed by atoms with Crippen LogP contribution in [0.5, 0.6) is 5.75 Å². The molecule has 2 aromatic carbocycles. The first kappa shape index (κ1) is 10.7. The molecule has 0 atom stereocenters. The van der Waals surface area contributed by atoms with Crippen LogP contribution in [0.1, 0.15) is 16.7 Å². The van der Waals surface area contributed by atoms with E-state index in [1.807, 2.05) is 30.3 Å². The fourth-order valence-electron chi connectivity index (χ4n) is 1.82. The van der Waals surface area contributed by atoms with Gasteiger partial charge in [-0.1, -0.05) is 36.4 Å². The lowest BCUT2D eigenvalue weighted by Gasteiger charge is -2.07. The van der Waals surface area contributed by atoms with Crippen LogP contribution in [0.2, 0.25) is 0 Å². The Bertz CT molecular complexity index is 480. The minimum Gasteiger partial charge on any atom is -0.508 e. The molecule has 0 saturated heterocycles. The molecule has 0 bridgehead atoms. The Morgan fingerprint density at radius 2 is 1.69 bits per heavy atom. The van der Waals surface area contributed by atoms with Gasteiger partial charge in [-0.15, -0.1) is 0 Å². The van der Waals surface area contributed by atoms with Crippen molar-refractivity contribution in [2.45, 2.75) is 13.0 Å². The maximum Gasteiger partial charge on any atom is 0.115 e. The first-order chi connectivity index (χ1) is 7.79. The Morgan fingerprint density at radius 3 is 2.38 bits per heavy atom. The summed E-state index contributed by atoms with van der Waals surface area (Å²) in [6.07, 6.45) is 0.807. The van der Waals surface area contributed by atoms with Gasteiger partial charge in [0.1, 0.15) is 5.75 Å². The highest BCUT2D eigenvalue weighted by molar-refractivity contribution is 5.35. The molecule has 0 radical (unpaired) electrons. The number of hydrogen-bond donors (Lipinski definition) is 2. The summed E-state index contributed by atoms with van der Waals surface area (Å²) in [5.74, 6) is 0.308. The molecule has 2 aromatic rings. The lowest BCUT2D eigenvalue weighted by atomic mass is 10.00. The normalized spacial score (nSPS) is 10.3. The van der Waals surface area contributed by atoms with Crippen LogP contribution in [0.15, 0.2) is 48.5 Å². The molecule has 2 heteroatoms. The van der Waals surface area contributed by atoms with Gasteiger partial charge in [0.2, 0.25) is 0 Å². The average Bonchev–Trinajstić information content (AvgIpc) is 2.30. The predicted molar refractivity (Wildman–Crippen MR) is 65.2 cm³/mol. The van der Waals surface area contributed by atoms with Gasteiger partial charge in [-0.2, -0.15) is 0 Å². The molecule has 0 aliphatic rings. The van der Waals surface area contributed by atoms with Crippen molar-refractivity contribution in [1.29, 1.82) is 0 Å². The molecular weight excluding hydrogens is 198 g/mol. The van der Waals surface area contributed by atoms with E-state index in [1.54, 1.807) is 12.1 Å². The number of rotatable bonds is 3. The van der Waals surface area contributed by atoms with Crippen LogP contribution in [-0.4, -0.2) is 5.11 Å². The van der Waals surface area contributed by atoms with Gasteiger partial charge in [-0.05, 0) is 35.2 Å².